The van der Waals surface area contributed by atoms with E-state index in [0.29, 0.717) is 50.7 Å². The maximum atomic E-state index is 16.6. The Kier molecular flexibility index (Phi) is 5.39. The monoisotopic (exact) mass is 496 g/mol. The number of allylic oxidation sites excluding steroid dienone is 1. The summed E-state index contributed by atoms with van der Waals surface area (Å²) in [7, 11) is 0. The van der Waals surface area contributed by atoms with Crippen molar-refractivity contribution < 1.29 is 13.9 Å². The van der Waals surface area contributed by atoms with Crippen LogP contribution in [0.5, 0.6) is 5.75 Å². The lowest BCUT2D eigenvalue weighted by atomic mass is 9.94. The Bertz CT molecular complexity index is 1660. The van der Waals surface area contributed by atoms with Crippen LogP contribution in [0.2, 0.25) is 0 Å². The SMILES string of the molecule is C#Cc1c(F)ccc2cc(O)cc(-c3ncc4c(N5CC6CCC(C5)N6)nc(C(=C)C)c(C)c4c3F)c12. The summed E-state index contributed by atoms with van der Waals surface area (Å²) in [6.45, 7) is 9.33. The summed E-state index contributed by atoms with van der Waals surface area (Å²) in [4.78, 5) is 11.7. The van der Waals surface area contributed by atoms with E-state index in [2.05, 4.69) is 27.7 Å². The zero-order chi connectivity index (χ0) is 26.0. The maximum absolute atomic E-state index is 16.6. The van der Waals surface area contributed by atoms with Crippen LogP contribution >= 0.6 is 0 Å². The number of nitrogens with one attached hydrogen (secondary N) is 1. The van der Waals surface area contributed by atoms with E-state index < -0.39 is 11.6 Å². The highest BCUT2D eigenvalue weighted by Gasteiger charge is 2.34. The molecule has 37 heavy (non-hydrogen) atoms. The first kappa shape index (κ1) is 23.4. The van der Waals surface area contributed by atoms with Gasteiger partial charge < -0.3 is 15.3 Å². The molecule has 4 aromatic rings. The molecule has 2 aliphatic heterocycles. The number of phenolic OH excluding ortho intramolecular Hbond substituents is 1. The van der Waals surface area contributed by atoms with Gasteiger partial charge in [-0.2, -0.15) is 0 Å². The fraction of sp³-hybridized carbons (Fsp3) is 0.267. The fourth-order valence-electron chi connectivity index (χ4n) is 5.96. The van der Waals surface area contributed by atoms with Crippen LogP contribution in [0.3, 0.4) is 0 Å². The molecule has 2 aliphatic rings. The first-order valence-corrected chi connectivity index (χ1v) is 12.3. The van der Waals surface area contributed by atoms with Gasteiger partial charge in [0.1, 0.15) is 23.1 Å². The van der Waals surface area contributed by atoms with Crippen LogP contribution < -0.4 is 10.2 Å². The van der Waals surface area contributed by atoms with Gasteiger partial charge in [0.25, 0.3) is 0 Å². The molecular formula is C30H26F2N4O. The first-order chi connectivity index (χ1) is 17.8. The Morgan fingerprint density at radius 1 is 1.19 bits per heavy atom. The molecule has 2 N–H and O–H groups in total. The second-order valence-corrected chi connectivity index (χ2v) is 10.1. The molecule has 0 aliphatic carbocycles. The Labute approximate surface area is 213 Å². The number of aryl methyl sites for hydroxylation is 1. The zero-order valence-electron chi connectivity index (χ0n) is 20.7. The smallest absolute Gasteiger partial charge is 0.157 e. The van der Waals surface area contributed by atoms with Gasteiger partial charge in [-0.1, -0.05) is 18.6 Å². The number of halogens is 2. The molecule has 4 heterocycles. The number of terminal acetylenes is 1. The fourth-order valence-corrected chi connectivity index (χ4v) is 5.96. The molecule has 2 unspecified atom stereocenters. The predicted molar refractivity (Wildman–Crippen MR) is 144 cm³/mol. The molecular weight excluding hydrogens is 470 g/mol. The second kappa shape index (κ2) is 8.53. The van der Waals surface area contributed by atoms with Gasteiger partial charge in [0.05, 0.1) is 11.3 Å². The standard InChI is InChI=1S/C30H26F2N4O/c1-5-21-24(31)9-6-17-10-20(37)11-22(26(17)21)29-27(32)25-16(4)28(15(2)3)35-30(23(25)12-33-29)36-13-18-7-8-19(14-36)34-18/h1,6,9-12,18-19,34,37H,2,7-8,13-14H2,3-4H3. The number of nitrogens with zero attached hydrogens (tertiary/aromatic N) is 3. The second-order valence-electron chi connectivity index (χ2n) is 10.1. The largest absolute Gasteiger partial charge is 0.508 e. The average molecular weight is 497 g/mol. The van der Waals surface area contributed by atoms with Crippen LogP contribution in [0, 0.1) is 30.9 Å². The van der Waals surface area contributed by atoms with Gasteiger partial charge >= 0.3 is 0 Å². The van der Waals surface area contributed by atoms with Crippen molar-refractivity contribution in [1.29, 1.82) is 0 Å². The number of fused-ring (bicyclic) bond motifs is 4. The van der Waals surface area contributed by atoms with Crippen LogP contribution in [0.4, 0.5) is 14.6 Å². The van der Waals surface area contributed by atoms with Gasteiger partial charge in [0.15, 0.2) is 5.82 Å². The van der Waals surface area contributed by atoms with E-state index in [0.717, 1.165) is 31.5 Å². The Balaban J connectivity index is 1.65. The van der Waals surface area contributed by atoms with Gasteiger partial charge in [-0.25, -0.2) is 13.8 Å². The summed E-state index contributed by atoms with van der Waals surface area (Å²) in [5, 5.41) is 15.9. The van der Waals surface area contributed by atoms with Gasteiger partial charge in [-0.05, 0) is 61.4 Å². The first-order valence-electron chi connectivity index (χ1n) is 12.3. The maximum Gasteiger partial charge on any atom is 0.157 e. The molecule has 0 amide bonds. The Morgan fingerprint density at radius 2 is 1.92 bits per heavy atom. The van der Waals surface area contributed by atoms with Crippen molar-refractivity contribution in [3.8, 4) is 29.4 Å². The van der Waals surface area contributed by atoms with E-state index in [1.54, 1.807) is 6.20 Å². The molecule has 5 nitrogen and oxygen atoms in total. The summed E-state index contributed by atoms with van der Waals surface area (Å²) >= 11 is 0. The van der Waals surface area contributed by atoms with Crippen molar-refractivity contribution in [2.75, 3.05) is 18.0 Å². The minimum atomic E-state index is -0.594. The van der Waals surface area contributed by atoms with E-state index in [4.69, 9.17) is 11.4 Å². The topological polar surface area (TPSA) is 61.3 Å². The lowest BCUT2D eigenvalue weighted by Gasteiger charge is -2.35. The normalized spacial score (nSPS) is 18.9. The summed E-state index contributed by atoms with van der Waals surface area (Å²) in [6, 6.07) is 6.36. The van der Waals surface area contributed by atoms with Crippen LogP contribution in [0.15, 0.2) is 37.0 Å². The van der Waals surface area contributed by atoms with Gasteiger partial charge in [-0.15, -0.1) is 6.42 Å². The Morgan fingerprint density at radius 3 is 2.59 bits per heavy atom. The van der Waals surface area contributed by atoms with Crippen LogP contribution in [0.25, 0.3) is 38.4 Å². The highest BCUT2D eigenvalue weighted by atomic mass is 19.1. The van der Waals surface area contributed by atoms with Crippen LogP contribution in [0.1, 0.15) is 36.6 Å². The van der Waals surface area contributed by atoms with Gasteiger partial charge in [-0.3, -0.25) is 4.98 Å². The minimum Gasteiger partial charge on any atom is -0.508 e. The van der Waals surface area contributed by atoms with Crippen molar-refractivity contribution in [3.63, 3.8) is 0 Å². The molecule has 2 bridgehead atoms. The van der Waals surface area contributed by atoms with Crippen LogP contribution in [-0.4, -0.2) is 40.2 Å². The third-order valence-corrected chi connectivity index (χ3v) is 7.58. The molecule has 2 fully saturated rings. The number of piperazine rings is 1. The molecule has 7 heteroatoms. The van der Waals surface area contributed by atoms with Crippen molar-refractivity contribution in [3.05, 3.63) is 65.5 Å². The van der Waals surface area contributed by atoms with Gasteiger partial charge in [0, 0.05) is 53.1 Å². The zero-order valence-corrected chi connectivity index (χ0v) is 20.7. The third kappa shape index (κ3) is 3.63. The molecule has 186 valence electrons. The van der Waals surface area contributed by atoms with Crippen molar-refractivity contribution in [2.45, 2.75) is 38.8 Å². The lowest BCUT2D eigenvalue weighted by molar-refractivity contribution is 0.464. The molecule has 2 aromatic carbocycles. The number of hydrogen-bond acceptors (Lipinski definition) is 5. The molecule has 0 saturated carbocycles. The molecule has 6 rings (SSSR count). The predicted octanol–water partition coefficient (Wildman–Crippen LogP) is 5.70. The number of anilines is 1. The number of benzene rings is 2. The van der Waals surface area contributed by atoms with E-state index in [1.807, 2.05) is 13.8 Å². The van der Waals surface area contributed by atoms with Crippen LogP contribution in [-0.2, 0) is 0 Å². The third-order valence-electron chi connectivity index (χ3n) is 7.58. The van der Waals surface area contributed by atoms with E-state index >= 15 is 4.39 Å². The number of aromatic nitrogens is 2. The summed E-state index contributed by atoms with van der Waals surface area (Å²) in [5.74, 6) is 1.81. The van der Waals surface area contributed by atoms with Crippen molar-refractivity contribution in [2.24, 2.45) is 0 Å². The number of hydrogen-bond donors (Lipinski definition) is 2. The number of rotatable bonds is 3. The quantitative estimate of drug-likeness (QED) is 0.357. The van der Waals surface area contributed by atoms with E-state index in [9.17, 15) is 9.50 Å². The average Bonchev–Trinajstić information content (AvgIpc) is 3.21. The number of phenols is 1. The lowest BCUT2D eigenvalue weighted by Crippen LogP contribution is -2.51. The summed E-state index contributed by atoms with van der Waals surface area (Å²) < 4.78 is 31.2. The summed E-state index contributed by atoms with van der Waals surface area (Å²) in [6.07, 6.45) is 9.48. The number of aromatic hydroxyl groups is 1. The molecule has 0 radical (unpaired) electrons. The highest BCUT2D eigenvalue weighted by Crippen LogP contribution is 2.41. The van der Waals surface area contributed by atoms with Crippen molar-refractivity contribution >= 4 is 32.9 Å². The highest BCUT2D eigenvalue weighted by molar-refractivity contribution is 6.04. The van der Waals surface area contributed by atoms with Gasteiger partial charge in [0.2, 0.25) is 0 Å². The molecule has 2 atom stereocenters. The number of pyridine rings is 2. The molecule has 0 spiro atoms. The molecule has 2 aromatic heterocycles. The Hall–Kier alpha value is -4.02. The summed E-state index contributed by atoms with van der Waals surface area (Å²) in [5.41, 5.74) is 2.25. The minimum absolute atomic E-state index is 0.000136. The molecule has 2 saturated heterocycles. The van der Waals surface area contributed by atoms with E-state index in [-0.39, 0.29) is 22.6 Å². The van der Waals surface area contributed by atoms with E-state index in [1.165, 1.54) is 24.3 Å². The van der Waals surface area contributed by atoms with Crippen molar-refractivity contribution in [1.82, 2.24) is 15.3 Å².